The molecule has 8 heteroatoms. The second kappa shape index (κ2) is 6.22. The molecule has 0 saturated carbocycles. The third kappa shape index (κ3) is 3.15. The average Bonchev–Trinajstić information content (AvgIpc) is 2.95. The first-order valence-corrected chi connectivity index (χ1v) is 6.93. The first kappa shape index (κ1) is 14.6. The molecule has 0 aliphatic carbocycles. The van der Waals surface area contributed by atoms with Gasteiger partial charge < -0.3 is 15.6 Å². The number of nitrogens with one attached hydrogen (secondary N) is 1. The second-order valence-corrected chi connectivity index (χ2v) is 4.89. The number of aromatic nitrogens is 5. The van der Waals surface area contributed by atoms with Crippen molar-refractivity contribution < 1.29 is 4.79 Å². The highest BCUT2D eigenvalue weighted by atomic mass is 16.1. The summed E-state index contributed by atoms with van der Waals surface area (Å²) >= 11 is 0. The van der Waals surface area contributed by atoms with Gasteiger partial charge in [0.2, 0.25) is 5.91 Å². The normalized spacial score (nSPS) is 10.5. The number of carbonyl (C=O) groups is 1. The Morgan fingerprint density at radius 3 is 2.91 bits per heavy atom. The predicted octanol–water partition coefficient (Wildman–Crippen LogP) is 0.983. The number of hydrogen-bond donors (Lipinski definition) is 2. The third-order valence-corrected chi connectivity index (χ3v) is 3.37. The zero-order valence-corrected chi connectivity index (χ0v) is 12.5. The van der Waals surface area contributed by atoms with Gasteiger partial charge in [-0.15, -0.1) is 10.2 Å². The van der Waals surface area contributed by atoms with Crippen LogP contribution < -0.4 is 11.1 Å². The molecule has 2 aromatic heterocycles. The SMILES string of the molecule is Cn1c(CNc2cccc(C(N)=O)c2)nnc1-c1ccncn1. The summed E-state index contributed by atoms with van der Waals surface area (Å²) in [4.78, 5) is 19.3. The van der Waals surface area contributed by atoms with Crippen LogP contribution in [0.1, 0.15) is 16.2 Å². The Morgan fingerprint density at radius 2 is 2.17 bits per heavy atom. The maximum absolute atomic E-state index is 11.2. The molecule has 23 heavy (non-hydrogen) atoms. The van der Waals surface area contributed by atoms with E-state index in [-0.39, 0.29) is 0 Å². The van der Waals surface area contributed by atoms with Gasteiger partial charge in [-0.1, -0.05) is 6.07 Å². The van der Waals surface area contributed by atoms with Gasteiger partial charge in [0.1, 0.15) is 12.0 Å². The second-order valence-electron chi connectivity index (χ2n) is 4.89. The molecular formula is C15H15N7O. The summed E-state index contributed by atoms with van der Waals surface area (Å²) in [6, 6.07) is 8.77. The lowest BCUT2D eigenvalue weighted by atomic mass is 10.2. The van der Waals surface area contributed by atoms with E-state index in [1.165, 1.54) is 6.33 Å². The van der Waals surface area contributed by atoms with Crippen molar-refractivity contribution in [1.82, 2.24) is 24.7 Å². The Morgan fingerprint density at radius 1 is 1.30 bits per heavy atom. The van der Waals surface area contributed by atoms with Crippen molar-refractivity contribution in [1.29, 1.82) is 0 Å². The first-order valence-electron chi connectivity index (χ1n) is 6.93. The molecular weight excluding hydrogens is 294 g/mol. The molecule has 0 aliphatic rings. The van der Waals surface area contributed by atoms with E-state index in [1.54, 1.807) is 30.5 Å². The Labute approximate surface area is 132 Å². The Hall–Kier alpha value is -3.29. The Bertz CT molecular complexity index is 829. The molecule has 0 aliphatic heterocycles. The lowest BCUT2D eigenvalue weighted by Gasteiger charge is -2.07. The molecule has 116 valence electrons. The standard InChI is InChI=1S/C15H15N7O/c1-22-13(20-21-15(22)12-5-6-17-9-19-12)8-18-11-4-2-3-10(7-11)14(16)23/h2-7,9,18H,8H2,1H3,(H2,16,23). The van der Waals surface area contributed by atoms with Crippen LogP contribution >= 0.6 is 0 Å². The average molecular weight is 309 g/mol. The number of nitrogens with two attached hydrogens (primary N) is 1. The summed E-state index contributed by atoms with van der Waals surface area (Å²) in [5.41, 5.74) is 7.22. The van der Waals surface area contributed by atoms with E-state index >= 15 is 0 Å². The minimum atomic E-state index is -0.460. The summed E-state index contributed by atoms with van der Waals surface area (Å²) in [5.74, 6) is 0.941. The van der Waals surface area contributed by atoms with Crippen LogP contribution in [0.15, 0.2) is 42.9 Å². The summed E-state index contributed by atoms with van der Waals surface area (Å²) in [7, 11) is 1.87. The highest BCUT2D eigenvalue weighted by molar-refractivity contribution is 5.93. The van der Waals surface area contributed by atoms with Crippen molar-refractivity contribution in [2.24, 2.45) is 12.8 Å². The minimum Gasteiger partial charge on any atom is -0.378 e. The quantitative estimate of drug-likeness (QED) is 0.726. The summed E-state index contributed by atoms with van der Waals surface area (Å²) < 4.78 is 1.85. The van der Waals surface area contributed by atoms with Crippen molar-refractivity contribution in [3.05, 3.63) is 54.2 Å². The van der Waals surface area contributed by atoms with E-state index < -0.39 is 5.91 Å². The lowest BCUT2D eigenvalue weighted by molar-refractivity contribution is 0.100. The molecule has 0 unspecified atom stereocenters. The molecule has 3 N–H and O–H groups in total. The molecule has 0 radical (unpaired) electrons. The van der Waals surface area contributed by atoms with Crippen molar-refractivity contribution in [3.63, 3.8) is 0 Å². The van der Waals surface area contributed by atoms with Crippen molar-refractivity contribution >= 4 is 11.6 Å². The monoisotopic (exact) mass is 309 g/mol. The van der Waals surface area contributed by atoms with Gasteiger partial charge in [0.05, 0.1) is 6.54 Å². The van der Waals surface area contributed by atoms with Crippen LogP contribution in [0.3, 0.4) is 0 Å². The van der Waals surface area contributed by atoms with E-state index in [4.69, 9.17) is 5.73 Å². The molecule has 1 aromatic carbocycles. The van der Waals surface area contributed by atoms with Crippen molar-refractivity contribution in [3.8, 4) is 11.5 Å². The molecule has 3 aromatic rings. The lowest BCUT2D eigenvalue weighted by Crippen LogP contribution is -2.12. The zero-order valence-electron chi connectivity index (χ0n) is 12.5. The fraction of sp³-hybridized carbons (Fsp3) is 0.133. The zero-order chi connectivity index (χ0) is 16.2. The van der Waals surface area contributed by atoms with Gasteiger partial charge in [-0.3, -0.25) is 4.79 Å². The van der Waals surface area contributed by atoms with Crippen molar-refractivity contribution in [2.75, 3.05) is 5.32 Å². The van der Waals surface area contributed by atoms with Crippen LogP contribution in [-0.2, 0) is 13.6 Å². The van der Waals surface area contributed by atoms with E-state index in [9.17, 15) is 4.79 Å². The maximum atomic E-state index is 11.2. The fourth-order valence-electron chi connectivity index (χ4n) is 2.12. The minimum absolute atomic E-state index is 0.453. The molecule has 0 saturated heterocycles. The van der Waals surface area contributed by atoms with Crippen LogP contribution in [0, 0.1) is 0 Å². The summed E-state index contributed by atoms with van der Waals surface area (Å²) in [6.45, 7) is 0.455. The van der Waals surface area contributed by atoms with Crippen LogP contribution in [0.5, 0.6) is 0 Å². The molecule has 0 fully saturated rings. The van der Waals surface area contributed by atoms with E-state index in [1.807, 2.05) is 17.7 Å². The third-order valence-electron chi connectivity index (χ3n) is 3.37. The smallest absolute Gasteiger partial charge is 0.248 e. The summed E-state index contributed by atoms with van der Waals surface area (Å²) in [5, 5.41) is 11.5. The number of rotatable bonds is 5. The molecule has 8 nitrogen and oxygen atoms in total. The molecule has 1 amide bonds. The number of benzene rings is 1. The van der Waals surface area contributed by atoms with Gasteiger partial charge in [0.15, 0.2) is 11.6 Å². The van der Waals surface area contributed by atoms with Gasteiger partial charge in [0.25, 0.3) is 0 Å². The first-order chi connectivity index (χ1) is 11.1. The van der Waals surface area contributed by atoms with Gasteiger partial charge in [0, 0.05) is 24.5 Å². The van der Waals surface area contributed by atoms with Gasteiger partial charge >= 0.3 is 0 Å². The largest absolute Gasteiger partial charge is 0.378 e. The molecule has 3 rings (SSSR count). The number of nitrogens with zero attached hydrogens (tertiary/aromatic N) is 5. The van der Waals surface area contributed by atoms with Gasteiger partial charge in [-0.25, -0.2) is 9.97 Å². The number of hydrogen-bond acceptors (Lipinski definition) is 6. The van der Waals surface area contributed by atoms with Crippen LogP contribution in [0.4, 0.5) is 5.69 Å². The highest BCUT2D eigenvalue weighted by Crippen LogP contribution is 2.15. The number of anilines is 1. The molecule has 0 spiro atoms. The van der Waals surface area contributed by atoms with E-state index in [0.717, 1.165) is 11.5 Å². The Balaban J connectivity index is 1.76. The maximum Gasteiger partial charge on any atom is 0.248 e. The van der Waals surface area contributed by atoms with Crippen LogP contribution in [-0.4, -0.2) is 30.6 Å². The highest BCUT2D eigenvalue weighted by Gasteiger charge is 2.11. The van der Waals surface area contributed by atoms with E-state index in [0.29, 0.717) is 23.6 Å². The van der Waals surface area contributed by atoms with Gasteiger partial charge in [-0.05, 0) is 24.3 Å². The molecule has 0 bridgehead atoms. The van der Waals surface area contributed by atoms with Crippen molar-refractivity contribution in [2.45, 2.75) is 6.54 Å². The number of primary amides is 1. The number of amides is 1. The summed E-state index contributed by atoms with van der Waals surface area (Å²) in [6.07, 6.45) is 3.13. The van der Waals surface area contributed by atoms with Gasteiger partial charge in [-0.2, -0.15) is 0 Å². The Kier molecular flexibility index (Phi) is 3.96. The van der Waals surface area contributed by atoms with Crippen LogP contribution in [0.25, 0.3) is 11.5 Å². The fourth-order valence-corrected chi connectivity index (χ4v) is 2.12. The van der Waals surface area contributed by atoms with Crippen LogP contribution in [0.2, 0.25) is 0 Å². The topological polar surface area (TPSA) is 112 Å². The number of carbonyl (C=O) groups excluding carboxylic acids is 1. The predicted molar refractivity (Wildman–Crippen MR) is 84.3 cm³/mol. The van der Waals surface area contributed by atoms with E-state index in [2.05, 4.69) is 25.5 Å². The molecule has 2 heterocycles. The molecule has 0 atom stereocenters.